The molecule has 0 amide bonds. The molecule has 0 spiro atoms. The summed E-state index contributed by atoms with van der Waals surface area (Å²) in [5.41, 5.74) is 9.64. The molecule has 3 rings (SSSR count). The topological polar surface area (TPSA) is 61.0 Å². The fourth-order valence-electron chi connectivity index (χ4n) is 2.80. The number of fused-ring (bicyclic) bond motifs is 1. The van der Waals surface area contributed by atoms with Crippen LogP contribution in [0.25, 0.3) is 0 Å². The normalized spacial score (nSPS) is 17.9. The van der Waals surface area contributed by atoms with Crippen molar-refractivity contribution in [3.05, 3.63) is 53.1 Å². The molecule has 1 aromatic carbocycles. The van der Waals surface area contributed by atoms with Gasteiger partial charge in [0.2, 0.25) is 0 Å². The highest BCUT2D eigenvalue weighted by molar-refractivity contribution is 5.30. The number of aromatic nitrogens is 2. The molecule has 1 atom stereocenters. The van der Waals surface area contributed by atoms with E-state index in [2.05, 4.69) is 17.1 Å². The van der Waals surface area contributed by atoms with Gasteiger partial charge in [-0.15, -0.1) is 0 Å². The predicted molar refractivity (Wildman–Crippen MR) is 82.3 cm³/mol. The van der Waals surface area contributed by atoms with Gasteiger partial charge in [-0.3, -0.25) is 0 Å². The van der Waals surface area contributed by atoms with E-state index in [1.54, 1.807) is 7.11 Å². The third-order valence-electron chi connectivity index (χ3n) is 4.05. The van der Waals surface area contributed by atoms with E-state index in [4.69, 9.17) is 15.5 Å². The molecule has 1 aliphatic carbocycles. The molecule has 0 fully saturated rings. The van der Waals surface area contributed by atoms with Crippen LogP contribution in [0.1, 0.15) is 47.9 Å². The Morgan fingerprint density at radius 2 is 2.05 bits per heavy atom. The van der Waals surface area contributed by atoms with Gasteiger partial charge in [-0.1, -0.05) is 18.6 Å². The summed E-state index contributed by atoms with van der Waals surface area (Å²) in [6.45, 7) is 0. The molecule has 21 heavy (non-hydrogen) atoms. The highest BCUT2D eigenvalue weighted by Gasteiger charge is 2.17. The van der Waals surface area contributed by atoms with Crippen molar-refractivity contribution in [3.63, 3.8) is 0 Å². The molecule has 2 N–H and O–H groups in total. The van der Waals surface area contributed by atoms with Crippen LogP contribution in [0.5, 0.6) is 5.75 Å². The van der Waals surface area contributed by atoms with Gasteiger partial charge in [-0.2, -0.15) is 0 Å². The number of nitrogens with zero attached hydrogens (tertiary/aromatic N) is 2. The highest BCUT2D eigenvalue weighted by Crippen LogP contribution is 2.25. The molecule has 110 valence electrons. The number of hydrogen-bond acceptors (Lipinski definition) is 4. The minimum Gasteiger partial charge on any atom is -0.497 e. The predicted octanol–water partition coefficient (Wildman–Crippen LogP) is 2.80. The third kappa shape index (κ3) is 3.22. The Hall–Kier alpha value is -1.94. The van der Waals surface area contributed by atoms with Crippen LogP contribution in [0.4, 0.5) is 0 Å². The lowest BCUT2D eigenvalue weighted by Gasteiger charge is -2.12. The van der Waals surface area contributed by atoms with Gasteiger partial charge in [0.05, 0.1) is 7.11 Å². The number of nitrogens with two attached hydrogens (primary N) is 1. The summed E-state index contributed by atoms with van der Waals surface area (Å²) in [6.07, 6.45) is 7.06. The summed E-state index contributed by atoms with van der Waals surface area (Å²) in [5, 5.41) is 0. The number of methoxy groups -OCH3 is 1. The monoisotopic (exact) mass is 283 g/mol. The first-order valence-corrected chi connectivity index (χ1v) is 7.49. The molecule has 1 unspecified atom stereocenters. The fraction of sp³-hybridized carbons (Fsp3) is 0.412. The molecule has 4 nitrogen and oxygen atoms in total. The summed E-state index contributed by atoms with van der Waals surface area (Å²) in [6, 6.07) is 8.14. The summed E-state index contributed by atoms with van der Waals surface area (Å²) in [5.74, 6) is 1.74. The van der Waals surface area contributed by atoms with Crippen molar-refractivity contribution in [1.29, 1.82) is 0 Å². The Bertz CT molecular complexity index is 610. The van der Waals surface area contributed by atoms with Gasteiger partial charge in [0.1, 0.15) is 11.6 Å². The second kappa shape index (κ2) is 6.22. The second-order valence-electron chi connectivity index (χ2n) is 5.57. The van der Waals surface area contributed by atoms with Crippen LogP contribution < -0.4 is 10.5 Å². The lowest BCUT2D eigenvalue weighted by Crippen LogP contribution is -2.13. The average molecular weight is 283 g/mol. The van der Waals surface area contributed by atoms with Crippen LogP contribution in [0.15, 0.2) is 30.5 Å². The van der Waals surface area contributed by atoms with Crippen LogP contribution in [0, 0.1) is 0 Å². The zero-order valence-electron chi connectivity index (χ0n) is 12.4. The van der Waals surface area contributed by atoms with Crippen LogP contribution in [-0.4, -0.2) is 17.1 Å². The van der Waals surface area contributed by atoms with E-state index in [0.29, 0.717) is 0 Å². The molecule has 0 aliphatic heterocycles. The molecule has 0 saturated carbocycles. The van der Waals surface area contributed by atoms with Crippen molar-refractivity contribution in [3.8, 4) is 5.75 Å². The maximum Gasteiger partial charge on any atom is 0.132 e. The van der Waals surface area contributed by atoms with Crippen LogP contribution in [0.2, 0.25) is 0 Å². The zero-order valence-corrected chi connectivity index (χ0v) is 12.4. The van der Waals surface area contributed by atoms with Gasteiger partial charge in [-0.25, -0.2) is 9.97 Å². The third-order valence-corrected chi connectivity index (χ3v) is 4.05. The lowest BCUT2D eigenvalue weighted by molar-refractivity contribution is 0.414. The second-order valence-corrected chi connectivity index (χ2v) is 5.57. The summed E-state index contributed by atoms with van der Waals surface area (Å²) in [7, 11) is 1.67. The van der Waals surface area contributed by atoms with Crippen molar-refractivity contribution in [2.24, 2.45) is 5.73 Å². The summed E-state index contributed by atoms with van der Waals surface area (Å²) >= 11 is 0. The maximum absolute atomic E-state index is 6.19. The molecule has 1 aliphatic rings. The van der Waals surface area contributed by atoms with Crippen molar-refractivity contribution in [2.45, 2.75) is 38.1 Å². The van der Waals surface area contributed by atoms with Gasteiger partial charge in [0.25, 0.3) is 0 Å². The molecule has 1 heterocycles. The van der Waals surface area contributed by atoms with Crippen LogP contribution in [-0.2, 0) is 12.8 Å². The van der Waals surface area contributed by atoms with Gasteiger partial charge in [0.15, 0.2) is 0 Å². The molecule has 0 radical (unpaired) electrons. The van der Waals surface area contributed by atoms with Crippen LogP contribution in [0.3, 0.4) is 0 Å². The highest BCUT2D eigenvalue weighted by atomic mass is 16.5. The van der Waals surface area contributed by atoms with Gasteiger partial charge < -0.3 is 10.5 Å². The largest absolute Gasteiger partial charge is 0.497 e. The minimum atomic E-state index is 0.0949. The van der Waals surface area contributed by atoms with E-state index in [1.165, 1.54) is 18.4 Å². The minimum absolute atomic E-state index is 0.0949. The number of benzene rings is 1. The smallest absolute Gasteiger partial charge is 0.132 e. The van der Waals surface area contributed by atoms with Gasteiger partial charge in [-0.05, 0) is 37.0 Å². The van der Waals surface area contributed by atoms with E-state index in [1.807, 2.05) is 18.3 Å². The zero-order chi connectivity index (χ0) is 14.7. The first-order valence-electron chi connectivity index (χ1n) is 7.49. The Morgan fingerprint density at radius 3 is 2.81 bits per heavy atom. The van der Waals surface area contributed by atoms with Crippen molar-refractivity contribution >= 4 is 0 Å². The summed E-state index contributed by atoms with van der Waals surface area (Å²) in [4.78, 5) is 9.24. The SMILES string of the molecule is COc1ccc(Cc2ncc3c(n2)CCCCC3N)cc1. The molecule has 0 saturated heterocycles. The summed E-state index contributed by atoms with van der Waals surface area (Å²) < 4.78 is 5.17. The van der Waals surface area contributed by atoms with Crippen molar-refractivity contribution in [2.75, 3.05) is 7.11 Å². The first kappa shape index (κ1) is 14.0. The van der Waals surface area contributed by atoms with E-state index in [9.17, 15) is 0 Å². The Morgan fingerprint density at radius 1 is 1.24 bits per heavy atom. The standard InChI is InChI=1S/C17H21N3O/c1-21-13-8-6-12(7-9-13)10-17-19-11-14-15(18)4-2-3-5-16(14)20-17/h6-9,11,15H,2-5,10,18H2,1H3. The van der Waals surface area contributed by atoms with Crippen molar-refractivity contribution in [1.82, 2.24) is 9.97 Å². The molecule has 2 aromatic rings. The molecule has 0 bridgehead atoms. The number of aryl methyl sites for hydroxylation is 1. The average Bonchev–Trinajstić information content (AvgIpc) is 2.70. The Kier molecular flexibility index (Phi) is 4.15. The molecular formula is C17H21N3O. The van der Waals surface area contributed by atoms with Gasteiger partial charge >= 0.3 is 0 Å². The fourth-order valence-corrected chi connectivity index (χ4v) is 2.80. The molecular weight excluding hydrogens is 262 g/mol. The first-order chi connectivity index (χ1) is 10.3. The van der Waals surface area contributed by atoms with E-state index < -0.39 is 0 Å². The van der Waals surface area contributed by atoms with E-state index in [0.717, 1.165) is 42.1 Å². The van der Waals surface area contributed by atoms with Crippen LogP contribution >= 0.6 is 0 Å². The number of hydrogen-bond donors (Lipinski definition) is 1. The molecule has 4 heteroatoms. The molecule has 1 aromatic heterocycles. The van der Waals surface area contributed by atoms with Crippen molar-refractivity contribution < 1.29 is 4.74 Å². The van der Waals surface area contributed by atoms with Gasteiger partial charge in [0, 0.05) is 29.9 Å². The Labute approximate surface area is 125 Å². The number of rotatable bonds is 3. The quantitative estimate of drug-likeness (QED) is 0.880. The van der Waals surface area contributed by atoms with E-state index in [-0.39, 0.29) is 6.04 Å². The van der Waals surface area contributed by atoms with E-state index >= 15 is 0 Å². The Balaban J connectivity index is 1.81. The number of ether oxygens (including phenoxy) is 1. The maximum atomic E-state index is 6.19. The lowest BCUT2D eigenvalue weighted by atomic mass is 10.1.